The quantitative estimate of drug-likeness (QED) is 0.0622. The Balaban J connectivity index is 1.39. The molecule has 0 N–H and O–H groups in total. The Kier molecular flexibility index (Phi) is 13.8. The average Bonchev–Trinajstić information content (AvgIpc) is 3.84. The highest BCUT2D eigenvalue weighted by atomic mass is 16.6. The Morgan fingerprint density at radius 1 is 0.542 bits per heavy atom. The Hall–Kier alpha value is -2.61. The van der Waals surface area contributed by atoms with E-state index in [4.69, 9.17) is 42.6 Å². The minimum atomic E-state index is -0.820. The first-order valence-electron chi connectivity index (χ1n) is 17.1. The topological polar surface area (TPSA) is 144 Å². The van der Waals surface area contributed by atoms with E-state index in [1.54, 1.807) is 0 Å². The average molecular weight is 679 g/mol. The largest absolute Gasteiger partial charge is 0.456 e. The number of carbonyl (C=O) groups is 3. The molecule has 4 rings (SSSR count). The summed E-state index contributed by atoms with van der Waals surface area (Å²) >= 11 is 0. The number of rotatable bonds is 24. The molecule has 0 amide bonds. The minimum absolute atomic E-state index is 0.0496. The summed E-state index contributed by atoms with van der Waals surface area (Å²) in [5.74, 6) is -1.99. The van der Waals surface area contributed by atoms with Crippen molar-refractivity contribution < 1.29 is 57.0 Å². The first-order chi connectivity index (χ1) is 22.7. The predicted octanol–water partition coefficient (Wildman–Crippen LogP) is 5.08. The van der Waals surface area contributed by atoms with Crippen LogP contribution < -0.4 is 0 Å². The zero-order chi connectivity index (χ0) is 34.8. The molecule has 0 aromatic heterocycles. The highest BCUT2D eigenvalue weighted by Crippen LogP contribution is 2.26. The molecule has 3 heterocycles. The van der Waals surface area contributed by atoms with Crippen molar-refractivity contribution in [2.45, 2.75) is 115 Å². The van der Waals surface area contributed by atoms with Gasteiger partial charge in [0, 0.05) is 19.8 Å². The molecule has 270 valence electrons. The second kappa shape index (κ2) is 17.4. The Bertz CT molecular complexity index is 1050. The van der Waals surface area contributed by atoms with Crippen LogP contribution in [0.25, 0.3) is 0 Å². The molecule has 3 saturated heterocycles. The predicted molar refractivity (Wildman–Crippen MR) is 174 cm³/mol. The van der Waals surface area contributed by atoms with Gasteiger partial charge >= 0.3 is 17.9 Å². The van der Waals surface area contributed by atoms with Gasteiger partial charge in [0.1, 0.15) is 35.1 Å². The summed E-state index contributed by atoms with van der Waals surface area (Å²) in [5.41, 5.74) is -2.31. The third-order valence-corrected chi connectivity index (χ3v) is 8.07. The van der Waals surface area contributed by atoms with Crippen molar-refractivity contribution >= 4 is 17.9 Å². The number of hydrogen-bond acceptors (Lipinski definition) is 12. The summed E-state index contributed by atoms with van der Waals surface area (Å²) in [6.45, 7) is 16.3. The third kappa shape index (κ3) is 14.9. The van der Waals surface area contributed by atoms with E-state index in [0.29, 0.717) is 78.2 Å². The van der Waals surface area contributed by atoms with Crippen LogP contribution in [0, 0.1) is 0 Å². The fourth-order valence-electron chi connectivity index (χ4n) is 5.00. The van der Waals surface area contributed by atoms with Gasteiger partial charge in [-0.05, 0) is 98.3 Å². The first-order valence-corrected chi connectivity index (χ1v) is 17.1. The summed E-state index contributed by atoms with van der Waals surface area (Å²) in [6.07, 6.45) is 4.27. The molecule has 3 fully saturated rings. The molecule has 0 bridgehead atoms. The van der Waals surface area contributed by atoms with Gasteiger partial charge in [0.2, 0.25) is 0 Å². The second-order valence-electron chi connectivity index (χ2n) is 14.6. The van der Waals surface area contributed by atoms with Gasteiger partial charge in [0.25, 0.3) is 0 Å². The lowest BCUT2D eigenvalue weighted by Crippen LogP contribution is -2.31. The summed E-state index contributed by atoms with van der Waals surface area (Å²) in [4.78, 5) is 40.4. The molecule has 3 unspecified atom stereocenters. The van der Waals surface area contributed by atoms with Crippen molar-refractivity contribution in [2.24, 2.45) is 0 Å². The van der Waals surface area contributed by atoms with Crippen molar-refractivity contribution in [3.8, 4) is 0 Å². The second-order valence-corrected chi connectivity index (χ2v) is 14.6. The summed E-state index contributed by atoms with van der Waals surface area (Å²) in [6, 6.07) is 4.20. The van der Waals surface area contributed by atoms with Gasteiger partial charge in [0.05, 0.1) is 56.3 Å². The molecule has 48 heavy (non-hydrogen) atoms. The Labute approximate surface area is 284 Å². The molecule has 0 saturated carbocycles. The van der Waals surface area contributed by atoms with Gasteiger partial charge in [-0.2, -0.15) is 0 Å². The van der Waals surface area contributed by atoms with Gasteiger partial charge in [-0.25, -0.2) is 14.4 Å². The zero-order valence-electron chi connectivity index (χ0n) is 29.5. The lowest BCUT2D eigenvalue weighted by molar-refractivity contribution is -0.00915. The highest BCUT2D eigenvalue weighted by molar-refractivity contribution is 6.00. The van der Waals surface area contributed by atoms with Gasteiger partial charge in [0.15, 0.2) is 0 Å². The van der Waals surface area contributed by atoms with E-state index in [9.17, 15) is 14.4 Å². The van der Waals surface area contributed by atoms with E-state index in [2.05, 4.69) is 0 Å². The molecule has 1 aromatic rings. The number of benzene rings is 1. The normalized spacial score (nSPS) is 20.2. The first kappa shape index (κ1) is 38.2. The lowest BCUT2D eigenvalue weighted by atomic mass is 10.0. The maximum absolute atomic E-state index is 13.5. The van der Waals surface area contributed by atoms with Crippen molar-refractivity contribution in [3.63, 3.8) is 0 Å². The molecule has 3 atom stereocenters. The lowest BCUT2D eigenvalue weighted by Gasteiger charge is -2.27. The molecule has 12 nitrogen and oxygen atoms in total. The molecule has 1 aromatic carbocycles. The van der Waals surface area contributed by atoms with Gasteiger partial charge in [-0.15, -0.1) is 0 Å². The monoisotopic (exact) mass is 678 g/mol. The molecule has 12 heteroatoms. The molecule has 0 radical (unpaired) electrons. The molecule has 0 spiro atoms. The van der Waals surface area contributed by atoms with Crippen LogP contribution in [0.2, 0.25) is 0 Å². The molecule has 0 aliphatic carbocycles. The standard InChI is InChI=1S/C36H54O12/c1-34(2,10-7-13-40-19-28-22-43-28)46-31(37)25-16-26(32(38)47-35(3,4)11-8-14-41-20-29-23-44-29)18-27(17-25)33(39)48-36(5,6)12-9-15-42-21-30-24-45-30/h16-18,28-30H,7-15,19-24H2,1-6H3. The van der Waals surface area contributed by atoms with Gasteiger partial charge < -0.3 is 42.6 Å². The van der Waals surface area contributed by atoms with Crippen LogP contribution in [-0.2, 0) is 42.6 Å². The zero-order valence-corrected chi connectivity index (χ0v) is 29.5. The number of hydrogen-bond donors (Lipinski definition) is 0. The van der Waals surface area contributed by atoms with Crippen LogP contribution in [0.1, 0.15) is 111 Å². The van der Waals surface area contributed by atoms with E-state index in [0.717, 1.165) is 19.8 Å². The Morgan fingerprint density at radius 2 is 0.792 bits per heavy atom. The SMILES string of the molecule is CC(C)(CCCOCC1CO1)OC(=O)c1cc(C(=O)OC(C)(C)CCCOCC2CO2)cc(C(=O)OC(C)(C)CCCOCC2CO2)c1. The van der Waals surface area contributed by atoms with E-state index in [1.165, 1.54) is 18.2 Å². The maximum Gasteiger partial charge on any atom is 0.338 e. The number of esters is 3. The maximum atomic E-state index is 13.5. The van der Waals surface area contributed by atoms with Crippen molar-refractivity contribution in [3.05, 3.63) is 34.9 Å². The molecular formula is C36H54O12. The fourth-order valence-corrected chi connectivity index (χ4v) is 5.00. The van der Waals surface area contributed by atoms with E-state index >= 15 is 0 Å². The Morgan fingerprint density at radius 3 is 1.02 bits per heavy atom. The van der Waals surface area contributed by atoms with Crippen LogP contribution in [0.3, 0.4) is 0 Å². The van der Waals surface area contributed by atoms with Crippen molar-refractivity contribution in [1.82, 2.24) is 0 Å². The van der Waals surface area contributed by atoms with Crippen LogP contribution in [0.4, 0.5) is 0 Å². The van der Waals surface area contributed by atoms with Crippen molar-refractivity contribution in [2.75, 3.05) is 59.5 Å². The molecule has 3 aliphatic rings. The fraction of sp³-hybridized carbons (Fsp3) is 0.750. The van der Waals surface area contributed by atoms with Crippen LogP contribution in [-0.4, -0.2) is 112 Å². The van der Waals surface area contributed by atoms with Gasteiger partial charge in [-0.1, -0.05) is 0 Å². The van der Waals surface area contributed by atoms with Gasteiger partial charge in [-0.3, -0.25) is 0 Å². The number of ether oxygens (including phenoxy) is 9. The third-order valence-electron chi connectivity index (χ3n) is 8.07. The number of epoxide rings is 3. The highest BCUT2D eigenvalue weighted by Gasteiger charge is 2.30. The van der Waals surface area contributed by atoms with Crippen LogP contribution in [0.15, 0.2) is 18.2 Å². The molecule has 3 aliphatic heterocycles. The van der Waals surface area contributed by atoms with E-state index < -0.39 is 34.7 Å². The minimum Gasteiger partial charge on any atom is -0.456 e. The van der Waals surface area contributed by atoms with Crippen LogP contribution in [0.5, 0.6) is 0 Å². The van der Waals surface area contributed by atoms with E-state index in [-0.39, 0.29) is 35.0 Å². The van der Waals surface area contributed by atoms with Crippen LogP contribution >= 0.6 is 0 Å². The summed E-state index contributed by atoms with van der Waals surface area (Å²) in [7, 11) is 0. The smallest absolute Gasteiger partial charge is 0.338 e. The van der Waals surface area contributed by atoms with Crippen molar-refractivity contribution in [1.29, 1.82) is 0 Å². The summed E-state index contributed by atoms with van der Waals surface area (Å²) in [5, 5.41) is 0. The number of carbonyl (C=O) groups excluding carboxylic acids is 3. The summed E-state index contributed by atoms with van der Waals surface area (Å²) < 4.78 is 49.9. The van der Waals surface area contributed by atoms with E-state index in [1.807, 2.05) is 41.5 Å². The molecular weight excluding hydrogens is 624 g/mol.